The first-order valence-corrected chi connectivity index (χ1v) is 9.69. The van der Waals surface area contributed by atoms with E-state index in [0.29, 0.717) is 5.89 Å². The van der Waals surface area contributed by atoms with Gasteiger partial charge < -0.3 is 10.3 Å². The summed E-state index contributed by atoms with van der Waals surface area (Å²) in [5.74, 6) is 3.45. The predicted molar refractivity (Wildman–Crippen MR) is 93.4 cm³/mol. The second-order valence-electron chi connectivity index (χ2n) is 5.03. The van der Waals surface area contributed by atoms with Gasteiger partial charge in [0.2, 0.25) is 5.89 Å². The molecule has 2 N–H and O–H groups in total. The zero-order chi connectivity index (χ0) is 15.5. The maximum atomic E-state index is 6.06. The van der Waals surface area contributed by atoms with Gasteiger partial charge in [-0.3, -0.25) is 4.99 Å². The van der Waals surface area contributed by atoms with Crippen LogP contribution in [0.15, 0.2) is 9.52 Å². The SMILES string of the molecule is CCCN=CCCSCSC[C@H](N)c1nc(C(C)C)no1. The van der Waals surface area contributed by atoms with E-state index in [0.717, 1.165) is 41.8 Å². The fourth-order valence-corrected chi connectivity index (χ4v) is 3.44. The van der Waals surface area contributed by atoms with Gasteiger partial charge in [0.15, 0.2) is 5.82 Å². The molecule has 0 unspecified atom stereocenters. The lowest BCUT2D eigenvalue weighted by molar-refractivity contribution is 0.357. The number of hydrogen-bond donors (Lipinski definition) is 1. The van der Waals surface area contributed by atoms with E-state index in [1.807, 2.05) is 43.6 Å². The summed E-state index contributed by atoms with van der Waals surface area (Å²) >= 11 is 3.72. The Morgan fingerprint density at radius 2 is 2.19 bits per heavy atom. The van der Waals surface area contributed by atoms with E-state index in [1.54, 1.807) is 0 Å². The number of rotatable bonds is 11. The van der Waals surface area contributed by atoms with Gasteiger partial charge in [-0.1, -0.05) is 25.9 Å². The van der Waals surface area contributed by atoms with Gasteiger partial charge in [0.1, 0.15) is 0 Å². The minimum Gasteiger partial charge on any atom is -0.338 e. The fraction of sp³-hybridized carbons (Fsp3) is 0.786. The lowest BCUT2D eigenvalue weighted by atomic mass is 10.2. The van der Waals surface area contributed by atoms with Crippen LogP contribution in [0.1, 0.15) is 57.3 Å². The van der Waals surface area contributed by atoms with Crippen LogP contribution in [0, 0.1) is 0 Å². The van der Waals surface area contributed by atoms with Crippen LogP contribution < -0.4 is 5.73 Å². The van der Waals surface area contributed by atoms with Gasteiger partial charge in [-0.15, -0.1) is 11.8 Å². The van der Waals surface area contributed by atoms with E-state index >= 15 is 0 Å². The molecule has 0 saturated heterocycles. The number of thioether (sulfide) groups is 2. The molecule has 5 nitrogen and oxygen atoms in total. The van der Waals surface area contributed by atoms with Crippen molar-refractivity contribution >= 4 is 29.7 Å². The van der Waals surface area contributed by atoms with Gasteiger partial charge in [0.25, 0.3) is 0 Å². The summed E-state index contributed by atoms with van der Waals surface area (Å²) in [5, 5.41) is 4.96. The number of nitrogens with two attached hydrogens (primary N) is 1. The summed E-state index contributed by atoms with van der Waals surface area (Å²) in [4.78, 5) is 8.63. The molecule has 0 aliphatic heterocycles. The van der Waals surface area contributed by atoms with Gasteiger partial charge >= 0.3 is 0 Å². The Bertz CT molecular complexity index is 409. The van der Waals surface area contributed by atoms with Crippen molar-refractivity contribution in [2.24, 2.45) is 10.7 Å². The molecule has 0 aromatic carbocycles. The first-order chi connectivity index (χ1) is 10.1. The van der Waals surface area contributed by atoms with Crippen LogP contribution in [0.3, 0.4) is 0 Å². The van der Waals surface area contributed by atoms with Crippen LogP contribution in [0.4, 0.5) is 0 Å². The molecule has 1 atom stereocenters. The highest BCUT2D eigenvalue weighted by Crippen LogP contribution is 2.20. The molecule has 0 aliphatic rings. The van der Waals surface area contributed by atoms with Crippen molar-refractivity contribution in [2.75, 3.05) is 23.1 Å². The maximum absolute atomic E-state index is 6.06. The second-order valence-corrected chi connectivity index (χ2v) is 7.53. The standard InChI is InChI=1S/C14H26N4OS2/c1-4-6-16-7-5-8-20-10-21-9-12(15)14-17-13(11(2)3)18-19-14/h7,11-12H,4-6,8-10,15H2,1-3H3/t12-/m0/s1. The molecule has 0 aliphatic carbocycles. The first-order valence-electron chi connectivity index (χ1n) is 7.38. The largest absolute Gasteiger partial charge is 0.338 e. The fourth-order valence-electron chi connectivity index (χ4n) is 1.44. The molecule has 0 radical (unpaired) electrons. The lowest BCUT2D eigenvalue weighted by Crippen LogP contribution is -2.13. The highest BCUT2D eigenvalue weighted by molar-refractivity contribution is 8.15. The van der Waals surface area contributed by atoms with Crippen molar-refractivity contribution in [3.8, 4) is 0 Å². The van der Waals surface area contributed by atoms with Crippen LogP contribution in [-0.4, -0.2) is 39.5 Å². The zero-order valence-corrected chi connectivity index (χ0v) is 14.8. The van der Waals surface area contributed by atoms with Gasteiger partial charge in [0.05, 0.1) is 6.04 Å². The molecular weight excluding hydrogens is 304 g/mol. The van der Waals surface area contributed by atoms with Crippen molar-refractivity contribution in [3.63, 3.8) is 0 Å². The van der Waals surface area contributed by atoms with E-state index in [1.165, 1.54) is 0 Å². The number of nitrogens with zero attached hydrogens (tertiary/aromatic N) is 3. The molecule has 7 heteroatoms. The summed E-state index contributed by atoms with van der Waals surface area (Å²) < 4.78 is 5.20. The average molecular weight is 331 g/mol. The third-order valence-electron chi connectivity index (χ3n) is 2.63. The predicted octanol–water partition coefficient (Wildman–Crippen LogP) is 3.49. The van der Waals surface area contributed by atoms with Crippen molar-refractivity contribution in [2.45, 2.75) is 45.6 Å². The topological polar surface area (TPSA) is 77.3 Å². The van der Waals surface area contributed by atoms with E-state index in [-0.39, 0.29) is 12.0 Å². The van der Waals surface area contributed by atoms with E-state index in [9.17, 15) is 0 Å². The Morgan fingerprint density at radius 3 is 2.86 bits per heavy atom. The summed E-state index contributed by atoms with van der Waals surface area (Å²) in [6.07, 6.45) is 4.18. The molecule has 1 aromatic rings. The lowest BCUT2D eigenvalue weighted by Gasteiger charge is -2.05. The molecule has 0 amide bonds. The Kier molecular flexibility index (Phi) is 9.78. The van der Waals surface area contributed by atoms with E-state index in [4.69, 9.17) is 10.3 Å². The molecule has 0 saturated carbocycles. The van der Waals surface area contributed by atoms with Crippen molar-refractivity contribution in [3.05, 3.63) is 11.7 Å². The van der Waals surface area contributed by atoms with E-state index in [2.05, 4.69) is 22.1 Å². The molecule has 1 aromatic heterocycles. The van der Waals surface area contributed by atoms with Gasteiger partial charge in [-0.25, -0.2) is 0 Å². The highest BCUT2D eigenvalue weighted by atomic mass is 32.2. The number of aromatic nitrogens is 2. The normalized spacial score (nSPS) is 13.4. The molecule has 1 heterocycles. The molecule has 0 spiro atoms. The van der Waals surface area contributed by atoms with Crippen LogP contribution in [0.2, 0.25) is 0 Å². The van der Waals surface area contributed by atoms with Crippen LogP contribution in [0.5, 0.6) is 0 Å². The summed E-state index contributed by atoms with van der Waals surface area (Å²) in [6.45, 7) is 7.15. The maximum Gasteiger partial charge on any atom is 0.244 e. The Morgan fingerprint density at radius 1 is 1.38 bits per heavy atom. The monoisotopic (exact) mass is 330 g/mol. The van der Waals surface area contributed by atoms with Crippen molar-refractivity contribution in [1.29, 1.82) is 0 Å². The zero-order valence-electron chi connectivity index (χ0n) is 13.1. The third-order valence-corrected chi connectivity index (χ3v) is 5.08. The third kappa shape index (κ3) is 7.87. The number of hydrogen-bond acceptors (Lipinski definition) is 7. The molecule has 0 bridgehead atoms. The smallest absolute Gasteiger partial charge is 0.244 e. The van der Waals surface area contributed by atoms with Gasteiger partial charge in [-0.05, 0) is 24.8 Å². The Hall–Kier alpha value is -0.530. The second kappa shape index (κ2) is 11.1. The molecule has 0 fully saturated rings. The van der Waals surface area contributed by atoms with Crippen LogP contribution >= 0.6 is 23.5 Å². The molecule has 1 rings (SSSR count). The summed E-state index contributed by atoms with van der Waals surface area (Å²) in [7, 11) is 0. The van der Waals surface area contributed by atoms with Crippen LogP contribution in [-0.2, 0) is 0 Å². The molecular formula is C14H26N4OS2. The van der Waals surface area contributed by atoms with Crippen molar-refractivity contribution in [1.82, 2.24) is 10.1 Å². The minimum atomic E-state index is -0.179. The number of aliphatic imine (C=N–C) groups is 1. The van der Waals surface area contributed by atoms with Crippen LogP contribution in [0.25, 0.3) is 0 Å². The molecule has 21 heavy (non-hydrogen) atoms. The Labute approximate surface area is 135 Å². The van der Waals surface area contributed by atoms with Crippen molar-refractivity contribution < 1.29 is 4.52 Å². The van der Waals surface area contributed by atoms with E-state index < -0.39 is 0 Å². The summed E-state index contributed by atoms with van der Waals surface area (Å²) in [6, 6.07) is -0.179. The Balaban J connectivity index is 2.09. The summed E-state index contributed by atoms with van der Waals surface area (Å²) in [5.41, 5.74) is 6.06. The van der Waals surface area contributed by atoms with Gasteiger partial charge in [-0.2, -0.15) is 16.7 Å². The first kappa shape index (κ1) is 18.5. The van der Waals surface area contributed by atoms with Gasteiger partial charge in [0, 0.05) is 23.3 Å². The average Bonchev–Trinajstić information content (AvgIpc) is 2.95. The minimum absolute atomic E-state index is 0.179. The quantitative estimate of drug-likeness (QED) is 0.380. The molecule has 120 valence electrons. The highest BCUT2D eigenvalue weighted by Gasteiger charge is 2.16.